The van der Waals surface area contributed by atoms with Crippen molar-refractivity contribution >= 4 is 29.8 Å². The number of amides is 1. The van der Waals surface area contributed by atoms with Gasteiger partial charge in [0.05, 0.1) is 32.7 Å². The molecule has 0 aliphatic heterocycles. The van der Waals surface area contributed by atoms with Gasteiger partial charge in [-0.05, 0) is 6.42 Å². The van der Waals surface area contributed by atoms with Gasteiger partial charge in [0.1, 0.15) is 0 Å². The maximum atomic E-state index is 12.1. The van der Waals surface area contributed by atoms with E-state index in [2.05, 4.69) is 5.32 Å². The molecular formula is C19H34N4O9. The number of aliphatic carboxylic acids is 4. The zero-order valence-corrected chi connectivity index (χ0v) is 18.4. The first-order chi connectivity index (χ1) is 15.0. The summed E-state index contributed by atoms with van der Waals surface area (Å²) in [4.78, 5) is 60.1. The van der Waals surface area contributed by atoms with Crippen molar-refractivity contribution in [3.63, 3.8) is 0 Å². The summed E-state index contributed by atoms with van der Waals surface area (Å²) < 4.78 is 0. The molecule has 0 bridgehead atoms. The van der Waals surface area contributed by atoms with Crippen LogP contribution in [-0.2, 0) is 24.0 Å². The molecule has 32 heavy (non-hydrogen) atoms. The number of unbranched alkanes of at least 4 members (excludes halogenated alkanes) is 2. The summed E-state index contributed by atoms with van der Waals surface area (Å²) in [5.41, 5.74) is 0. The summed E-state index contributed by atoms with van der Waals surface area (Å²) >= 11 is 0. The molecule has 0 fully saturated rings. The molecule has 0 aliphatic rings. The van der Waals surface area contributed by atoms with Crippen LogP contribution in [0.4, 0.5) is 0 Å². The normalized spacial score (nSPS) is 11.1. The third-order valence-electron chi connectivity index (χ3n) is 4.37. The Labute approximate surface area is 186 Å². The quantitative estimate of drug-likeness (QED) is 0.132. The van der Waals surface area contributed by atoms with Crippen LogP contribution in [0.25, 0.3) is 0 Å². The van der Waals surface area contributed by atoms with Gasteiger partial charge in [0.25, 0.3) is 0 Å². The maximum absolute atomic E-state index is 12.1. The van der Waals surface area contributed by atoms with E-state index in [0.29, 0.717) is 6.54 Å². The molecule has 13 heteroatoms. The third-order valence-corrected chi connectivity index (χ3v) is 4.37. The summed E-state index contributed by atoms with van der Waals surface area (Å²) in [7, 11) is 0. The highest BCUT2D eigenvalue weighted by molar-refractivity contribution is 5.79. The van der Waals surface area contributed by atoms with Gasteiger partial charge in [0, 0.05) is 32.7 Å². The second kappa shape index (κ2) is 16.9. The molecule has 0 aliphatic carbocycles. The van der Waals surface area contributed by atoms with Crippen LogP contribution in [0.3, 0.4) is 0 Å². The first-order valence-corrected chi connectivity index (χ1v) is 10.3. The Hall–Kier alpha value is -2.77. The van der Waals surface area contributed by atoms with E-state index < -0.39 is 50.1 Å². The Morgan fingerprint density at radius 1 is 0.594 bits per heavy atom. The molecule has 13 nitrogen and oxygen atoms in total. The van der Waals surface area contributed by atoms with E-state index in [9.17, 15) is 24.0 Å². The molecular weight excluding hydrogens is 428 g/mol. The number of rotatable bonds is 20. The van der Waals surface area contributed by atoms with Crippen molar-refractivity contribution in [3.05, 3.63) is 0 Å². The van der Waals surface area contributed by atoms with Crippen molar-refractivity contribution in [1.82, 2.24) is 20.0 Å². The van der Waals surface area contributed by atoms with Crippen molar-refractivity contribution in [1.29, 1.82) is 0 Å². The minimum absolute atomic E-state index is 0.0112. The van der Waals surface area contributed by atoms with E-state index in [-0.39, 0.29) is 38.6 Å². The first kappa shape index (κ1) is 29.2. The van der Waals surface area contributed by atoms with Gasteiger partial charge < -0.3 is 25.7 Å². The number of carboxylic acid groups (broad SMARTS) is 4. The Morgan fingerprint density at radius 3 is 1.38 bits per heavy atom. The maximum Gasteiger partial charge on any atom is 0.317 e. The average molecular weight is 463 g/mol. The SMILES string of the molecule is CCCCCNC(=O)CN(CCN(CCN(CC(=O)O)CC(=O)O)CC(=O)O)CC(=O)O. The lowest BCUT2D eigenvalue weighted by Crippen LogP contribution is -2.46. The Balaban J connectivity index is 4.89. The molecule has 0 saturated carbocycles. The van der Waals surface area contributed by atoms with Gasteiger partial charge in [-0.15, -0.1) is 0 Å². The number of carbonyl (C=O) groups is 5. The number of nitrogens with one attached hydrogen (secondary N) is 1. The molecule has 1 amide bonds. The van der Waals surface area contributed by atoms with Gasteiger partial charge in [-0.2, -0.15) is 0 Å². The standard InChI is InChI=1S/C19H34N4O9/c1-2-3-4-5-20-15(24)10-22(12-17(27)28)8-6-21(11-16(25)26)7-9-23(13-18(29)30)14-19(31)32/h2-14H2,1H3,(H,20,24)(H,25,26)(H,27,28)(H,29,30)(H,31,32). The number of hydrogen-bond donors (Lipinski definition) is 5. The van der Waals surface area contributed by atoms with Crippen LogP contribution < -0.4 is 5.32 Å². The summed E-state index contributed by atoms with van der Waals surface area (Å²) in [6.45, 7) is 0.724. The van der Waals surface area contributed by atoms with Gasteiger partial charge in [-0.25, -0.2) is 0 Å². The predicted molar refractivity (Wildman–Crippen MR) is 112 cm³/mol. The fourth-order valence-corrected chi connectivity index (χ4v) is 2.89. The van der Waals surface area contributed by atoms with Crippen molar-refractivity contribution in [2.75, 3.05) is 65.4 Å². The van der Waals surface area contributed by atoms with Crippen LogP contribution in [0.15, 0.2) is 0 Å². The highest BCUT2D eigenvalue weighted by Crippen LogP contribution is 1.98. The second-order valence-electron chi connectivity index (χ2n) is 7.33. The van der Waals surface area contributed by atoms with Crippen molar-refractivity contribution in [2.45, 2.75) is 26.2 Å². The number of nitrogens with zero attached hydrogens (tertiary/aromatic N) is 3. The van der Waals surface area contributed by atoms with E-state index in [0.717, 1.165) is 24.2 Å². The largest absolute Gasteiger partial charge is 0.480 e. The van der Waals surface area contributed by atoms with E-state index in [4.69, 9.17) is 20.4 Å². The number of carboxylic acids is 4. The summed E-state index contributed by atoms with van der Waals surface area (Å²) in [6, 6.07) is 0. The smallest absolute Gasteiger partial charge is 0.317 e. The fraction of sp³-hybridized carbons (Fsp3) is 0.737. The van der Waals surface area contributed by atoms with Gasteiger partial charge in [-0.3, -0.25) is 38.7 Å². The lowest BCUT2D eigenvalue weighted by atomic mass is 10.2. The third kappa shape index (κ3) is 17.0. The number of carbonyl (C=O) groups excluding carboxylic acids is 1. The molecule has 5 N–H and O–H groups in total. The summed E-state index contributed by atoms with van der Waals surface area (Å²) in [5, 5.41) is 38.7. The molecule has 184 valence electrons. The van der Waals surface area contributed by atoms with E-state index in [1.165, 1.54) is 9.80 Å². The van der Waals surface area contributed by atoms with Gasteiger partial charge in [0.15, 0.2) is 0 Å². The second-order valence-corrected chi connectivity index (χ2v) is 7.33. The van der Waals surface area contributed by atoms with Gasteiger partial charge >= 0.3 is 23.9 Å². The van der Waals surface area contributed by atoms with Gasteiger partial charge in [-0.1, -0.05) is 19.8 Å². The Morgan fingerprint density at radius 2 is 0.969 bits per heavy atom. The highest BCUT2D eigenvalue weighted by atomic mass is 16.4. The molecule has 0 atom stereocenters. The van der Waals surface area contributed by atoms with Crippen LogP contribution in [0, 0.1) is 0 Å². The molecule has 0 aromatic carbocycles. The molecule has 0 rings (SSSR count). The zero-order valence-electron chi connectivity index (χ0n) is 18.4. The predicted octanol–water partition coefficient (Wildman–Crippen LogP) is -1.46. The highest BCUT2D eigenvalue weighted by Gasteiger charge is 2.19. The van der Waals surface area contributed by atoms with E-state index >= 15 is 0 Å². The monoisotopic (exact) mass is 462 g/mol. The molecule has 0 unspecified atom stereocenters. The van der Waals surface area contributed by atoms with Crippen LogP contribution in [0.1, 0.15) is 26.2 Å². The summed E-state index contributed by atoms with van der Waals surface area (Å²) in [5.74, 6) is -5.04. The topological polar surface area (TPSA) is 188 Å². The first-order valence-electron chi connectivity index (χ1n) is 10.3. The van der Waals surface area contributed by atoms with Crippen molar-refractivity contribution in [2.24, 2.45) is 0 Å². The Bertz CT molecular complexity index is 614. The number of hydrogen-bond acceptors (Lipinski definition) is 8. The minimum atomic E-state index is -1.21. The molecule has 0 spiro atoms. The van der Waals surface area contributed by atoms with Crippen molar-refractivity contribution in [3.8, 4) is 0 Å². The van der Waals surface area contributed by atoms with E-state index in [1.807, 2.05) is 6.92 Å². The fourth-order valence-electron chi connectivity index (χ4n) is 2.89. The minimum Gasteiger partial charge on any atom is -0.480 e. The van der Waals surface area contributed by atoms with Crippen LogP contribution >= 0.6 is 0 Å². The zero-order chi connectivity index (χ0) is 24.5. The van der Waals surface area contributed by atoms with Crippen LogP contribution in [-0.4, -0.2) is 130 Å². The summed E-state index contributed by atoms with van der Waals surface area (Å²) in [6.07, 6.45) is 2.78. The molecule has 0 aromatic rings. The van der Waals surface area contributed by atoms with Crippen molar-refractivity contribution < 1.29 is 44.4 Å². The average Bonchev–Trinajstić information content (AvgIpc) is 2.65. The Kier molecular flexibility index (Phi) is 15.4. The molecule has 0 heterocycles. The van der Waals surface area contributed by atoms with Crippen LogP contribution in [0.2, 0.25) is 0 Å². The van der Waals surface area contributed by atoms with Gasteiger partial charge in [0.2, 0.25) is 5.91 Å². The molecule has 0 aromatic heterocycles. The lowest BCUT2D eigenvalue weighted by molar-refractivity contribution is -0.143. The molecule has 0 saturated heterocycles. The van der Waals surface area contributed by atoms with E-state index in [1.54, 1.807) is 0 Å². The molecule has 0 radical (unpaired) electrons. The van der Waals surface area contributed by atoms with Crippen LogP contribution in [0.5, 0.6) is 0 Å². The lowest BCUT2D eigenvalue weighted by Gasteiger charge is -2.27.